The largest absolute Gasteiger partial charge is 0.387 e. The highest BCUT2D eigenvalue weighted by atomic mass is 16.5. The van der Waals surface area contributed by atoms with Crippen molar-refractivity contribution < 1.29 is 9.84 Å². The molecule has 1 aliphatic rings. The van der Waals surface area contributed by atoms with Crippen molar-refractivity contribution in [1.29, 1.82) is 0 Å². The Morgan fingerprint density at radius 3 is 2.29 bits per heavy atom. The van der Waals surface area contributed by atoms with E-state index in [1.165, 1.54) is 70.6 Å². The van der Waals surface area contributed by atoms with E-state index >= 15 is 0 Å². The van der Waals surface area contributed by atoms with Gasteiger partial charge in [0.05, 0.1) is 18.8 Å². The molecule has 1 N–H and O–H groups in total. The minimum Gasteiger partial charge on any atom is -0.387 e. The standard InChI is InChI=1S/C22H40O2/c1-2-3-4-5-6-7-8-9-10-11-12-14-17-21(23)20-24-22-18-15-13-16-19-22/h11-12,14,17,21-23H,2-10,13,15-16,18-20H2,1H3/b12-11-,17-14+. The summed E-state index contributed by atoms with van der Waals surface area (Å²) in [6.07, 6.45) is 26.3. The Kier molecular flexibility index (Phi) is 14.2. The highest BCUT2D eigenvalue weighted by Crippen LogP contribution is 2.20. The second kappa shape index (κ2) is 15.9. The fourth-order valence-corrected chi connectivity index (χ4v) is 3.29. The van der Waals surface area contributed by atoms with Gasteiger partial charge in [0.25, 0.3) is 0 Å². The van der Waals surface area contributed by atoms with Gasteiger partial charge in [0.2, 0.25) is 0 Å². The monoisotopic (exact) mass is 336 g/mol. The SMILES string of the molecule is CCCCCCCCCC/C=C\C=C\C(O)COC1CCCCC1. The Bertz CT molecular complexity index is 316. The van der Waals surface area contributed by atoms with Gasteiger partial charge in [0, 0.05) is 0 Å². The maximum atomic E-state index is 9.90. The maximum absolute atomic E-state index is 9.90. The van der Waals surface area contributed by atoms with Crippen LogP contribution in [0.5, 0.6) is 0 Å². The van der Waals surface area contributed by atoms with Crippen molar-refractivity contribution in [2.75, 3.05) is 6.61 Å². The Balaban J connectivity index is 1.90. The molecule has 1 saturated carbocycles. The van der Waals surface area contributed by atoms with Crippen molar-refractivity contribution in [2.24, 2.45) is 0 Å². The molecule has 1 unspecified atom stereocenters. The van der Waals surface area contributed by atoms with Crippen LogP contribution in [0.15, 0.2) is 24.3 Å². The summed E-state index contributed by atoms with van der Waals surface area (Å²) in [5.41, 5.74) is 0. The molecule has 0 aliphatic heterocycles. The lowest BCUT2D eigenvalue weighted by Crippen LogP contribution is -2.22. The molecule has 1 atom stereocenters. The molecule has 2 nitrogen and oxygen atoms in total. The van der Waals surface area contributed by atoms with Crippen LogP contribution in [0, 0.1) is 0 Å². The summed E-state index contributed by atoms with van der Waals surface area (Å²) in [4.78, 5) is 0. The van der Waals surface area contributed by atoms with Crippen LogP contribution in [0.25, 0.3) is 0 Å². The van der Waals surface area contributed by atoms with E-state index in [-0.39, 0.29) is 0 Å². The van der Waals surface area contributed by atoms with E-state index in [4.69, 9.17) is 4.74 Å². The molecule has 0 amide bonds. The van der Waals surface area contributed by atoms with Gasteiger partial charge in [-0.3, -0.25) is 0 Å². The van der Waals surface area contributed by atoms with Crippen LogP contribution in [0.3, 0.4) is 0 Å². The van der Waals surface area contributed by atoms with Gasteiger partial charge in [-0.25, -0.2) is 0 Å². The third kappa shape index (κ3) is 12.8. The van der Waals surface area contributed by atoms with Gasteiger partial charge < -0.3 is 9.84 Å². The number of hydrogen-bond donors (Lipinski definition) is 1. The molecule has 0 aromatic heterocycles. The summed E-state index contributed by atoms with van der Waals surface area (Å²) >= 11 is 0. The van der Waals surface area contributed by atoms with Gasteiger partial charge in [0.15, 0.2) is 0 Å². The maximum Gasteiger partial charge on any atom is 0.0957 e. The summed E-state index contributed by atoms with van der Waals surface area (Å²) < 4.78 is 5.78. The van der Waals surface area contributed by atoms with Crippen molar-refractivity contribution in [3.8, 4) is 0 Å². The first-order valence-corrected chi connectivity index (χ1v) is 10.5. The predicted octanol–water partition coefficient (Wildman–Crippen LogP) is 6.34. The first-order chi connectivity index (χ1) is 11.8. The fraction of sp³-hybridized carbons (Fsp3) is 0.818. The van der Waals surface area contributed by atoms with E-state index in [2.05, 4.69) is 19.1 Å². The Morgan fingerprint density at radius 2 is 1.58 bits per heavy atom. The lowest BCUT2D eigenvalue weighted by atomic mass is 9.98. The van der Waals surface area contributed by atoms with E-state index in [0.29, 0.717) is 12.7 Å². The molecule has 0 radical (unpaired) electrons. The van der Waals surface area contributed by atoms with E-state index in [1.54, 1.807) is 0 Å². The lowest BCUT2D eigenvalue weighted by molar-refractivity contribution is -0.00997. The quantitative estimate of drug-likeness (QED) is 0.296. The molecule has 0 aromatic carbocycles. The summed E-state index contributed by atoms with van der Waals surface area (Å²) in [7, 11) is 0. The van der Waals surface area contributed by atoms with Crippen LogP contribution in [0.1, 0.15) is 96.8 Å². The lowest BCUT2D eigenvalue weighted by Gasteiger charge is -2.22. The first kappa shape index (κ1) is 21.4. The van der Waals surface area contributed by atoms with E-state index < -0.39 is 6.10 Å². The molecular formula is C22H40O2. The Hall–Kier alpha value is -0.600. The fourth-order valence-electron chi connectivity index (χ4n) is 3.29. The smallest absolute Gasteiger partial charge is 0.0957 e. The number of aliphatic hydroxyl groups excluding tert-OH is 1. The van der Waals surface area contributed by atoms with Gasteiger partial charge >= 0.3 is 0 Å². The Labute approximate surface area is 150 Å². The summed E-state index contributed by atoms with van der Waals surface area (Å²) in [5, 5.41) is 9.90. The van der Waals surface area contributed by atoms with Crippen LogP contribution in [-0.4, -0.2) is 23.9 Å². The molecule has 140 valence electrons. The van der Waals surface area contributed by atoms with E-state index in [0.717, 1.165) is 19.3 Å². The molecule has 0 heterocycles. The van der Waals surface area contributed by atoms with Crippen LogP contribution in [0.2, 0.25) is 0 Å². The molecule has 24 heavy (non-hydrogen) atoms. The Morgan fingerprint density at radius 1 is 0.917 bits per heavy atom. The van der Waals surface area contributed by atoms with Crippen molar-refractivity contribution in [2.45, 2.75) is 109 Å². The minimum absolute atomic E-state index is 0.374. The molecule has 0 saturated heterocycles. The zero-order chi connectivity index (χ0) is 17.3. The van der Waals surface area contributed by atoms with Gasteiger partial charge in [0.1, 0.15) is 0 Å². The average Bonchev–Trinajstić information content (AvgIpc) is 2.62. The average molecular weight is 337 g/mol. The van der Waals surface area contributed by atoms with Crippen molar-refractivity contribution in [3.63, 3.8) is 0 Å². The molecule has 1 aliphatic carbocycles. The predicted molar refractivity (Wildman–Crippen MR) is 104 cm³/mol. The number of hydrogen-bond acceptors (Lipinski definition) is 2. The normalized spacial score (nSPS) is 17.9. The van der Waals surface area contributed by atoms with Crippen LogP contribution in [-0.2, 0) is 4.74 Å². The molecule has 2 heteroatoms. The second-order valence-corrected chi connectivity index (χ2v) is 7.24. The van der Waals surface area contributed by atoms with Crippen LogP contribution in [0.4, 0.5) is 0 Å². The van der Waals surface area contributed by atoms with E-state index in [1.807, 2.05) is 12.2 Å². The summed E-state index contributed by atoms with van der Waals surface area (Å²) in [6, 6.07) is 0. The number of rotatable bonds is 14. The van der Waals surface area contributed by atoms with Gasteiger partial charge in [-0.15, -0.1) is 0 Å². The van der Waals surface area contributed by atoms with Crippen molar-refractivity contribution in [1.82, 2.24) is 0 Å². The van der Waals surface area contributed by atoms with Gasteiger partial charge in [-0.1, -0.05) is 95.4 Å². The van der Waals surface area contributed by atoms with Gasteiger partial charge in [-0.05, 0) is 25.7 Å². The molecule has 1 fully saturated rings. The third-order valence-corrected chi connectivity index (χ3v) is 4.86. The highest BCUT2D eigenvalue weighted by molar-refractivity contribution is 5.04. The molecule has 0 spiro atoms. The first-order valence-electron chi connectivity index (χ1n) is 10.5. The zero-order valence-electron chi connectivity index (χ0n) is 15.9. The number of unbranched alkanes of at least 4 members (excludes halogenated alkanes) is 8. The summed E-state index contributed by atoms with van der Waals surface area (Å²) in [6.45, 7) is 2.70. The number of allylic oxidation sites excluding steroid dienone is 3. The van der Waals surface area contributed by atoms with Crippen LogP contribution >= 0.6 is 0 Å². The minimum atomic E-state index is -0.473. The topological polar surface area (TPSA) is 29.5 Å². The number of aliphatic hydroxyl groups is 1. The third-order valence-electron chi connectivity index (χ3n) is 4.86. The zero-order valence-corrected chi connectivity index (χ0v) is 15.9. The molecular weight excluding hydrogens is 296 g/mol. The van der Waals surface area contributed by atoms with Crippen molar-refractivity contribution in [3.05, 3.63) is 24.3 Å². The van der Waals surface area contributed by atoms with E-state index in [9.17, 15) is 5.11 Å². The van der Waals surface area contributed by atoms with Crippen LogP contribution < -0.4 is 0 Å². The molecule has 0 aromatic rings. The highest BCUT2D eigenvalue weighted by Gasteiger charge is 2.14. The molecule has 0 bridgehead atoms. The summed E-state index contributed by atoms with van der Waals surface area (Å²) in [5.74, 6) is 0. The van der Waals surface area contributed by atoms with Crippen molar-refractivity contribution >= 4 is 0 Å². The second-order valence-electron chi connectivity index (χ2n) is 7.24. The van der Waals surface area contributed by atoms with Gasteiger partial charge in [-0.2, -0.15) is 0 Å². The number of ether oxygens (including phenoxy) is 1. The molecule has 1 rings (SSSR count).